The first-order valence-electron chi connectivity index (χ1n) is 10.6. The van der Waals surface area contributed by atoms with E-state index in [-0.39, 0.29) is 11.9 Å². The van der Waals surface area contributed by atoms with E-state index < -0.39 is 0 Å². The highest BCUT2D eigenvalue weighted by Crippen LogP contribution is 2.28. The van der Waals surface area contributed by atoms with Crippen molar-refractivity contribution in [2.24, 2.45) is 5.92 Å². The van der Waals surface area contributed by atoms with Crippen molar-refractivity contribution < 1.29 is 9.21 Å². The number of carbonyl (C=O) groups excluding carboxylic acids is 1. The maximum atomic E-state index is 12.6. The second-order valence-electron chi connectivity index (χ2n) is 7.99. The Kier molecular flexibility index (Phi) is 6.57. The van der Waals surface area contributed by atoms with Crippen LogP contribution in [-0.4, -0.2) is 32.5 Å². The van der Waals surface area contributed by atoms with Gasteiger partial charge in [-0.15, -0.1) is 10.2 Å². The van der Waals surface area contributed by atoms with Crippen LogP contribution in [0.2, 0.25) is 0 Å². The van der Waals surface area contributed by atoms with Gasteiger partial charge in [-0.25, -0.2) is 0 Å². The van der Waals surface area contributed by atoms with Crippen LogP contribution in [0.5, 0.6) is 0 Å². The van der Waals surface area contributed by atoms with Crippen LogP contribution < -0.4 is 5.32 Å². The summed E-state index contributed by atoms with van der Waals surface area (Å²) in [5.41, 5.74) is 2.08. The van der Waals surface area contributed by atoms with Gasteiger partial charge < -0.3 is 9.73 Å². The predicted molar refractivity (Wildman–Crippen MR) is 118 cm³/mol. The van der Waals surface area contributed by atoms with Crippen molar-refractivity contribution in [3.05, 3.63) is 54.0 Å². The first-order valence-corrected chi connectivity index (χ1v) is 11.5. The van der Waals surface area contributed by atoms with E-state index in [0.717, 1.165) is 34.3 Å². The maximum Gasteiger partial charge on any atom is 0.230 e. The Morgan fingerprint density at radius 3 is 2.73 bits per heavy atom. The van der Waals surface area contributed by atoms with E-state index in [0.29, 0.717) is 18.2 Å². The number of hydrogen-bond acceptors (Lipinski definition) is 5. The molecule has 1 aliphatic rings. The summed E-state index contributed by atoms with van der Waals surface area (Å²) in [6.07, 6.45) is 6.39. The minimum atomic E-state index is 0.0639. The van der Waals surface area contributed by atoms with Gasteiger partial charge in [0, 0.05) is 6.04 Å². The molecule has 1 aliphatic carbocycles. The summed E-state index contributed by atoms with van der Waals surface area (Å²) in [5.74, 6) is 2.51. The summed E-state index contributed by atoms with van der Waals surface area (Å²) in [4.78, 5) is 12.6. The third-order valence-electron chi connectivity index (χ3n) is 5.79. The third kappa shape index (κ3) is 4.78. The topological polar surface area (TPSA) is 72.9 Å². The molecule has 0 saturated heterocycles. The molecule has 2 aromatic heterocycles. The number of carbonyl (C=O) groups is 1. The summed E-state index contributed by atoms with van der Waals surface area (Å²) >= 11 is 1.43. The standard InChI is InChI=1S/C23H28N4O2S/c1-16-8-6-7-11-20(16)24-21(28)15-30-23-26-25-22(19-12-13-29-17(19)2)27(23)14-18-9-4-3-5-10-18/h3-5,9-10,12-13,16,20H,6-8,11,14-15H2,1-2H3,(H,24,28)/t16-,20-/m0/s1. The lowest BCUT2D eigenvalue weighted by Gasteiger charge is -2.29. The van der Waals surface area contributed by atoms with Crippen molar-refractivity contribution in [2.45, 2.75) is 57.3 Å². The van der Waals surface area contributed by atoms with Crippen LogP contribution in [0.3, 0.4) is 0 Å². The van der Waals surface area contributed by atoms with E-state index in [1.54, 1.807) is 6.26 Å². The highest BCUT2D eigenvalue weighted by molar-refractivity contribution is 7.99. The fourth-order valence-corrected chi connectivity index (χ4v) is 4.78. The molecule has 1 aromatic carbocycles. The molecule has 0 spiro atoms. The Bertz CT molecular complexity index is 982. The first-order chi connectivity index (χ1) is 14.6. The molecule has 1 amide bonds. The van der Waals surface area contributed by atoms with Crippen molar-refractivity contribution in [2.75, 3.05) is 5.75 Å². The van der Waals surface area contributed by atoms with E-state index in [1.807, 2.05) is 31.2 Å². The van der Waals surface area contributed by atoms with Gasteiger partial charge >= 0.3 is 0 Å². The number of amides is 1. The van der Waals surface area contributed by atoms with E-state index in [4.69, 9.17) is 4.42 Å². The normalized spacial score (nSPS) is 19.0. The molecule has 6 nitrogen and oxygen atoms in total. The van der Waals surface area contributed by atoms with Crippen LogP contribution in [-0.2, 0) is 11.3 Å². The van der Waals surface area contributed by atoms with Gasteiger partial charge in [-0.1, -0.05) is 61.9 Å². The summed E-state index contributed by atoms with van der Waals surface area (Å²) in [7, 11) is 0. The molecule has 158 valence electrons. The van der Waals surface area contributed by atoms with Crippen LogP contribution >= 0.6 is 11.8 Å². The quantitative estimate of drug-likeness (QED) is 0.558. The fourth-order valence-electron chi connectivity index (χ4n) is 4.03. The molecule has 1 N–H and O–H groups in total. The van der Waals surface area contributed by atoms with Crippen molar-refractivity contribution >= 4 is 17.7 Å². The smallest absolute Gasteiger partial charge is 0.230 e. The molecule has 2 heterocycles. The minimum absolute atomic E-state index is 0.0639. The van der Waals surface area contributed by atoms with Gasteiger partial charge in [0.15, 0.2) is 11.0 Å². The van der Waals surface area contributed by atoms with E-state index in [9.17, 15) is 4.79 Å². The Labute approximate surface area is 181 Å². The van der Waals surface area contributed by atoms with Crippen molar-refractivity contribution in [3.8, 4) is 11.4 Å². The Balaban J connectivity index is 1.50. The second kappa shape index (κ2) is 9.51. The zero-order chi connectivity index (χ0) is 20.9. The third-order valence-corrected chi connectivity index (χ3v) is 6.76. The highest BCUT2D eigenvalue weighted by atomic mass is 32.2. The number of nitrogens with zero attached hydrogens (tertiary/aromatic N) is 3. The van der Waals surface area contributed by atoms with Crippen LogP contribution in [0.15, 0.2) is 52.2 Å². The average molecular weight is 425 g/mol. The van der Waals surface area contributed by atoms with Crippen molar-refractivity contribution in [1.29, 1.82) is 0 Å². The lowest BCUT2D eigenvalue weighted by atomic mass is 9.86. The van der Waals surface area contributed by atoms with Gasteiger partial charge in [-0.05, 0) is 37.3 Å². The van der Waals surface area contributed by atoms with Gasteiger partial charge in [0.05, 0.1) is 24.1 Å². The molecule has 30 heavy (non-hydrogen) atoms. The molecular formula is C23H28N4O2S. The number of benzene rings is 1. The van der Waals surface area contributed by atoms with E-state index in [1.165, 1.54) is 31.0 Å². The molecule has 0 bridgehead atoms. The number of rotatable bonds is 7. The zero-order valence-electron chi connectivity index (χ0n) is 17.5. The second-order valence-corrected chi connectivity index (χ2v) is 8.94. The van der Waals surface area contributed by atoms with Crippen LogP contribution in [0.1, 0.15) is 43.9 Å². The largest absolute Gasteiger partial charge is 0.469 e. The first kappa shape index (κ1) is 20.7. The number of nitrogens with one attached hydrogen (secondary N) is 1. The van der Waals surface area contributed by atoms with Crippen LogP contribution in [0.25, 0.3) is 11.4 Å². The van der Waals surface area contributed by atoms with Crippen molar-refractivity contribution in [3.63, 3.8) is 0 Å². The van der Waals surface area contributed by atoms with E-state index in [2.05, 4.69) is 39.1 Å². The average Bonchev–Trinajstić information content (AvgIpc) is 3.34. The number of furan rings is 1. The molecule has 0 aliphatic heterocycles. The maximum absolute atomic E-state index is 12.6. The van der Waals surface area contributed by atoms with E-state index >= 15 is 0 Å². The Morgan fingerprint density at radius 1 is 1.20 bits per heavy atom. The lowest BCUT2D eigenvalue weighted by Crippen LogP contribution is -2.41. The zero-order valence-corrected chi connectivity index (χ0v) is 18.3. The molecular weight excluding hydrogens is 396 g/mol. The molecule has 0 radical (unpaired) electrons. The number of hydrogen-bond donors (Lipinski definition) is 1. The van der Waals surface area contributed by atoms with Gasteiger partial charge in [-0.3, -0.25) is 9.36 Å². The molecule has 1 saturated carbocycles. The van der Waals surface area contributed by atoms with Gasteiger partial charge in [0.2, 0.25) is 5.91 Å². The summed E-state index contributed by atoms with van der Waals surface area (Å²) in [6, 6.07) is 12.4. The SMILES string of the molecule is Cc1occc1-c1nnc(SCC(=O)N[C@H]2CCCC[C@@H]2C)n1Cc1ccccc1. The summed E-state index contributed by atoms with van der Waals surface area (Å²) in [5, 5.41) is 12.8. The predicted octanol–water partition coefficient (Wildman–Crippen LogP) is 4.68. The number of aryl methyl sites for hydroxylation is 1. The Hall–Kier alpha value is -2.54. The number of thioether (sulfide) groups is 1. The molecule has 1 fully saturated rings. The molecule has 0 unspecified atom stereocenters. The Morgan fingerprint density at radius 2 is 2.00 bits per heavy atom. The molecule has 3 aromatic rings. The highest BCUT2D eigenvalue weighted by Gasteiger charge is 2.23. The van der Waals surface area contributed by atoms with Gasteiger partial charge in [0.1, 0.15) is 5.76 Å². The lowest BCUT2D eigenvalue weighted by molar-refractivity contribution is -0.119. The molecule has 4 rings (SSSR count). The molecule has 2 atom stereocenters. The fraction of sp³-hybridized carbons (Fsp3) is 0.435. The minimum Gasteiger partial charge on any atom is -0.469 e. The van der Waals surface area contributed by atoms with Gasteiger partial charge in [0.25, 0.3) is 0 Å². The van der Waals surface area contributed by atoms with Crippen LogP contribution in [0, 0.1) is 12.8 Å². The van der Waals surface area contributed by atoms with Gasteiger partial charge in [-0.2, -0.15) is 0 Å². The van der Waals surface area contributed by atoms with Crippen molar-refractivity contribution in [1.82, 2.24) is 20.1 Å². The summed E-state index contributed by atoms with van der Waals surface area (Å²) < 4.78 is 7.54. The number of aromatic nitrogens is 3. The molecule has 7 heteroatoms. The summed E-state index contributed by atoms with van der Waals surface area (Å²) in [6.45, 7) is 4.78. The van der Waals surface area contributed by atoms with Crippen LogP contribution in [0.4, 0.5) is 0 Å². The monoisotopic (exact) mass is 424 g/mol.